The van der Waals surface area contributed by atoms with E-state index in [-0.39, 0.29) is 12.1 Å². The van der Waals surface area contributed by atoms with Gasteiger partial charge in [-0.15, -0.1) is 0 Å². The Hall–Kier alpha value is -3.11. The second-order valence-corrected chi connectivity index (χ2v) is 12.6. The maximum atomic E-state index is 14.7. The van der Waals surface area contributed by atoms with Gasteiger partial charge in [-0.25, -0.2) is 5.01 Å². The first-order valence-corrected chi connectivity index (χ1v) is 15.8. The summed E-state index contributed by atoms with van der Waals surface area (Å²) in [7, 11) is 2.15. The van der Waals surface area contributed by atoms with Crippen molar-refractivity contribution in [3.05, 3.63) is 53.7 Å². The number of alkyl halides is 3. The first kappa shape index (κ1) is 32.3. The van der Waals surface area contributed by atoms with Gasteiger partial charge in [0, 0.05) is 90.0 Å². The zero-order valence-electron chi connectivity index (χ0n) is 25.6. The second-order valence-electron chi connectivity index (χ2n) is 12.6. The van der Waals surface area contributed by atoms with Crippen molar-refractivity contribution in [1.82, 2.24) is 30.0 Å². The van der Waals surface area contributed by atoms with Crippen LogP contribution >= 0.6 is 0 Å². The Morgan fingerprint density at radius 1 is 1.11 bits per heavy atom. The molecule has 1 aromatic carbocycles. The number of amides is 1. The number of likely N-dealkylation sites (N-methyl/N-ethyl adjacent to an activating group) is 1. The molecule has 5 rings (SSSR count). The number of piperazine rings is 1. The molecular formula is C32H45F3N8O. The Balaban J connectivity index is 1.44. The highest BCUT2D eigenvalue weighted by atomic mass is 19.4. The lowest BCUT2D eigenvalue weighted by atomic mass is 9.74. The summed E-state index contributed by atoms with van der Waals surface area (Å²) in [4.78, 5) is 19.2. The Morgan fingerprint density at radius 2 is 1.86 bits per heavy atom. The number of nitrogens with two attached hydrogens (primary N) is 1. The number of primary amides is 1. The molecule has 1 amide bonds. The van der Waals surface area contributed by atoms with Gasteiger partial charge in [0.15, 0.2) is 6.19 Å². The SMILES string of the molecule is CN(CCN1CCNCC1)CC1CCCN(N2C=CC(C(F)(F)F)=C(c3ccccc3)C2C2CN(C#N)CCC2C(N)=O)C1. The molecule has 0 saturated carbocycles. The molecule has 4 aliphatic rings. The van der Waals surface area contributed by atoms with E-state index in [1.165, 1.54) is 6.08 Å². The first-order chi connectivity index (χ1) is 21.2. The summed E-state index contributed by atoms with van der Waals surface area (Å²) in [5, 5.41) is 17.3. The van der Waals surface area contributed by atoms with E-state index in [0.29, 0.717) is 37.5 Å². The van der Waals surface area contributed by atoms with Gasteiger partial charge in [-0.3, -0.25) is 9.69 Å². The number of likely N-dealkylation sites (tertiary alicyclic amines) is 1. The summed E-state index contributed by atoms with van der Waals surface area (Å²) in [5.74, 6) is -1.47. The van der Waals surface area contributed by atoms with Crippen LogP contribution in [-0.4, -0.2) is 122 Å². The number of nitrogens with one attached hydrogen (secondary N) is 1. The summed E-state index contributed by atoms with van der Waals surface area (Å²) >= 11 is 0. The van der Waals surface area contributed by atoms with E-state index >= 15 is 0 Å². The highest BCUT2D eigenvalue weighted by Gasteiger charge is 2.48. The summed E-state index contributed by atoms with van der Waals surface area (Å²) in [6, 6.07) is 7.82. The van der Waals surface area contributed by atoms with Gasteiger partial charge < -0.3 is 25.9 Å². The molecule has 3 saturated heterocycles. The fourth-order valence-electron chi connectivity index (χ4n) is 7.42. The van der Waals surface area contributed by atoms with E-state index in [1.54, 1.807) is 41.4 Å². The van der Waals surface area contributed by atoms with E-state index in [0.717, 1.165) is 58.7 Å². The molecule has 12 heteroatoms. The van der Waals surface area contributed by atoms with Crippen LogP contribution in [0.3, 0.4) is 0 Å². The van der Waals surface area contributed by atoms with Crippen LogP contribution in [0.1, 0.15) is 24.8 Å². The highest BCUT2D eigenvalue weighted by Crippen LogP contribution is 2.45. The second kappa shape index (κ2) is 14.3. The molecular weight excluding hydrogens is 569 g/mol. The highest BCUT2D eigenvalue weighted by molar-refractivity contribution is 5.81. The lowest BCUT2D eigenvalue weighted by Crippen LogP contribution is -2.59. The molecule has 4 atom stereocenters. The zero-order chi connectivity index (χ0) is 31.3. The fourth-order valence-corrected chi connectivity index (χ4v) is 7.42. The number of rotatable bonds is 9. The zero-order valence-corrected chi connectivity index (χ0v) is 25.6. The van der Waals surface area contributed by atoms with Gasteiger partial charge >= 0.3 is 6.18 Å². The third kappa shape index (κ3) is 7.57. The van der Waals surface area contributed by atoms with Crippen LogP contribution in [-0.2, 0) is 4.79 Å². The summed E-state index contributed by atoms with van der Waals surface area (Å²) < 4.78 is 44.1. The molecule has 4 aliphatic heterocycles. The summed E-state index contributed by atoms with van der Waals surface area (Å²) in [6.45, 7) is 8.93. The number of nitriles is 1. The van der Waals surface area contributed by atoms with Crippen molar-refractivity contribution >= 4 is 11.5 Å². The minimum absolute atomic E-state index is 0.131. The molecule has 0 aliphatic carbocycles. The van der Waals surface area contributed by atoms with Crippen molar-refractivity contribution < 1.29 is 18.0 Å². The molecule has 0 bridgehead atoms. The van der Waals surface area contributed by atoms with E-state index in [2.05, 4.69) is 33.4 Å². The summed E-state index contributed by atoms with van der Waals surface area (Å²) in [5.41, 5.74) is 5.77. The van der Waals surface area contributed by atoms with Crippen LogP contribution in [0.5, 0.6) is 0 Å². The maximum Gasteiger partial charge on any atom is 0.416 e. The van der Waals surface area contributed by atoms with Crippen LogP contribution in [0.4, 0.5) is 13.2 Å². The van der Waals surface area contributed by atoms with E-state index in [9.17, 15) is 23.2 Å². The molecule has 3 N–H and O–H groups in total. The number of carbonyl (C=O) groups is 1. The number of halogens is 3. The van der Waals surface area contributed by atoms with Gasteiger partial charge in [-0.1, -0.05) is 30.3 Å². The lowest BCUT2D eigenvalue weighted by molar-refractivity contribution is -0.128. The lowest BCUT2D eigenvalue weighted by Gasteiger charge is -2.51. The van der Waals surface area contributed by atoms with E-state index in [1.807, 2.05) is 5.01 Å². The third-order valence-corrected chi connectivity index (χ3v) is 9.63. The van der Waals surface area contributed by atoms with E-state index < -0.39 is 35.5 Å². The van der Waals surface area contributed by atoms with Crippen LogP contribution in [0.2, 0.25) is 0 Å². The summed E-state index contributed by atoms with van der Waals surface area (Å²) in [6.07, 6.45) is 2.56. The Morgan fingerprint density at radius 3 is 2.55 bits per heavy atom. The van der Waals surface area contributed by atoms with Gasteiger partial charge in [-0.05, 0) is 49.4 Å². The minimum Gasteiger partial charge on any atom is -0.369 e. The number of nitrogens with zero attached hydrogens (tertiary/aromatic N) is 6. The molecule has 3 fully saturated rings. The molecule has 240 valence electrons. The molecule has 9 nitrogen and oxygen atoms in total. The number of hydrogen-bond acceptors (Lipinski definition) is 8. The van der Waals surface area contributed by atoms with Crippen molar-refractivity contribution in [2.75, 3.05) is 79.0 Å². The smallest absolute Gasteiger partial charge is 0.369 e. The first-order valence-electron chi connectivity index (χ1n) is 15.8. The maximum absolute atomic E-state index is 14.7. The molecule has 4 heterocycles. The van der Waals surface area contributed by atoms with Gasteiger partial charge in [-0.2, -0.15) is 18.4 Å². The fraction of sp³-hybridized carbons (Fsp3) is 0.625. The van der Waals surface area contributed by atoms with Crippen molar-refractivity contribution in [1.29, 1.82) is 5.26 Å². The number of allylic oxidation sites excluding steroid dienone is 2. The Kier molecular flexibility index (Phi) is 10.5. The van der Waals surface area contributed by atoms with Gasteiger partial charge in [0.1, 0.15) is 0 Å². The predicted molar refractivity (Wildman–Crippen MR) is 163 cm³/mol. The Labute approximate surface area is 258 Å². The van der Waals surface area contributed by atoms with Crippen molar-refractivity contribution in [2.45, 2.75) is 31.5 Å². The predicted octanol–water partition coefficient (Wildman–Crippen LogP) is 2.57. The minimum atomic E-state index is -4.60. The van der Waals surface area contributed by atoms with E-state index in [4.69, 9.17) is 5.73 Å². The van der Waals surface area contributed by atoms with Crippen molar-refractivity contribution in [2.24, 2.45) is 23.5 Å². The number of hydrogen-bond donors (Lipinski definition) is 2. The van der Waals surface area contributed by atoms with Gasteiger partial charge in [0.2, 0.25) is 5.91 Å². The van der Waals surface area contributed by atoms with Crippen molar-refractivity contribution in [3.8, 4) is 6.19 Å². The molecule has 44 heavy (non-hydrogen) atoms. The molecule has 4 unspecified atom stereocenters. The van der Waals surface area contributed by atoms with Crippen LogP contribution in [0.25, 0.3) is 5.57 Å². The average Bonchev–Trinajstić information content (AvgIpc) is 3.03. The average molecular weight is 615 g/mol. The quantitative estimate of drug-likeness (QED) is 0.410. The third-order valence-electron chi connectivity index (χ3n) is 9.63. The van der Waals surface area contributed by atoms with Crippen LogP contribution in [0, 0.1) is 29.2 Å². The number of carbonyl (C=O) groups excluding carboxylic acids is 1. The van der Waals surface area contributed by atoms with Gasteiger partial charge in [0.05, 0.1) is 11.6 Å². The molecule has 1 aromatic rings. The molecule has 0 radical (unpaired) electrons. The normalized spacial score (nSPS) is 27.5. The Bertz CT molecular complexity index is 1230. The van der Waals surface area contributed by atoms with Crippen LogP contribution in [0.15, 0.2) is 48.2 Å². The standard InChI is InChI=1S/C32H45F3N8O/c1-39(18-19-40-16-11-38-12-17-40)20-24-6-5-13-42(21-24)43-15-10-28(32(33,34)35)29(25-7-3-2-4-8-25)30(43)27-22-41(23-36)14-9-26(27)31(37)44/h2-4,7-8,10,15,24,26-27,30,38H,5-6,9,11-14,16-22H2,1H3,(H2,37,44). The largest absolute Gasteiger partial charge is 0.416 e. The number of hydrazine groups is 1. The topological polar surface area (TPSA) is 95.1 Å². The number of piperidine rings is 2. The monoisotopic (exact) mass is 614 g/mol. The molecule has 0 aromatic heterocycles. The number of benzene rings is 1. The molecule has 0 spiro atoms. The van der Waals surface area contributed by atoms with Crippen LogP contribution < -0.4 is 11.1 Å². The van der Waals surface area contributed by atoms with Crippen molar-refractivity contribution in [3.63, 3.8) is 0 Å². The van der Waals surface area contributed by atoms with Gasteiger partial charge in [0.25, 0.3) is 0 Å².